The lowest BCUT2D eigenvalue weighted by molar-refractivity contribution is -0.122. The summed E-state index contributed by atoms with van der Waals surface area (Å²) >= 11 is 0. The zero-order valence-corrected chi connectivity index (χ0v) is 21.0. The van der Waals surface area contributed by atoms with Gasteiger partial charge in [0.1, 0.15) is 11.9 Å². The van der Waals surface area contributed by atoms with Gasteiger partial charge in [-0.15, -0.1) is 0 Å². The molecule has 0 bridgehead atoms. The maximum Gasteiger partial charge on any atom is 0.246 e. The number of amides is 1. The topological polar surface area (TPSA) is 69.7 Å². The third kappa shape index (κ3) is 5.45. The van der Waals surface area contributed by atoms with Gasteiger partial charge in [-0.05, 0) is 61.7 Å². The summed E-state index contributed by atoms with van der Waals surface area (Å²) in [6, 6.07) is 18.2. The van der Waals surface area contributed by atoms with E-state index in [4.69, 9.17) is 0 Å². The van der Waals surface area contributed by atoms with Crippen molar-refractivity contribution in [1.82, 2.24) is 9.21 Å². The molecule has 1 amide bonds. The molecule has 4 rings (SSSR count). The number of benzene rings is 3. The molecule has 3 aromatic rings. The number of carbonyl (C=O) groups excluding carboxylic acids is 1. The molecular weight excluding hydrogens is 465 g/mol. The van der Waals surface area contributed by atoms with Crippen molar-refractivity contribution in [2.24, 2.45) is 0 Å². The average Bonchev–Trinajstić information content (AvgIpc) is 2.81. The maximum atomic E-state index is 13.5. The van der Waals surface area contributed by atoms with E-state index in [0.717, 1.165) is 22.3 Å². The summed E-state index contributed by atoms with van der Waals surface area (Å²) in [5.41, 5.74) is 3.83. The van der Waals surface area contributed by atoms with E-state index in [2.05, 4.69) is 5.32 Å². The van der Waals surface area contributed by atoms with Gasteiger partial charge in [0.05, 0.1) is 4.90 Å². The molecule has 1 saturated heterocycles. The zero-order chi connectivity index (χ0) is 25.2. The molecule has 0 spiro atoms. The van der Waals surface area contributed by atoms with Crippen LogP contribution in [0.3, 0.4) is 0 Å². The summed E-state index contributed by atoms with van der Waals surface area (Å²) in [4.78, 5) is 15.7. The van der Waals surface area contributed by atoms with Gasteiger partial charge in [0.25, 0.3) is 0 Å². The molecule has 35 heavy (non-hydrogen) atoms. The fraction of sp³-hybridized carbons (Fsp3) is 0.296. The van der Waals surface area contributed by atoms with Crippen molar-refractivity contribution in [1.29, 1.82) is 0 Å². The van der Waals surface area contributed by atoms with Crippen molar-refractivity contribution in [3.63, 3.8) is 0 Å². The highest BCUT2D eigenvalue weighted by Gasteiger charge is 2.35. The van der Waals surface area contributed by atoms with Crippen LogP contribution >= 0.6 is 0 Å². The largest absolute Gasteiger partial charge is 0.324 e. The molecule has 0 aromatic heterocycles. The molecular formula is C27H30FN3O3S. The number of anilines is 1. The highest BCUT2D eigenvalue weighted by atomic mass is 32.2. The third-order valence-electron chi connectivity index (χ3n) is 6.32. The monoisotopic (exact) mass is 495 g/mol. The number of nitrogens with one attached hydrogen (secondary N) is 1. The Bertz CT molecular complexity index is 1280. The van der Waals surface area contributed by atoms with Crippen LogP contribution in [0.5, 0.6) is 0 Å². The van der Waals surface area contributed by atoms with Gasteiger partial charge >= 0.3 is 0 Å². The van der Waals surface area contributed by atoms with Gasteiger partial charge < -0.3 is 5.32 Å². The van der Waals surface area contributed by atoms with E-state index in [-0.39, 0.29) is 24.8 Å². The van der Waals surface area contributed by atoms with Crippen LogP contribution in [-0.4, -0.2) is 49.7 Å². The summed E-state index contributed by atoms with van der Waals surface area (Å²) in [6.45, 7) is 6.97. The summed E-state index contributed by atoms with van der Waals surface area (Å²) in [6.07, 6.45) is 0. The molecule has 1 unspecified atom stereocenters. The fourth-order valence-electron chi connectivity index (χ4n) is 4.81. The number of rotatable bonds is 6. The fourth-order valence-corrected chi connectivity index (χ4v) is 6.65. The highest BCUT2D eigenvalue weighted by Crippen LogP contribution is 2.29. The van der Waals surface area contributed by atoms with E-state index >= 15 is 0 Å². The van der Waals surface area contributed by atoms with Crippen LogP contribution in [0.1, 0.15) is 28.3 Å². The normalized spacial score (nSPS) is 16.1. The average molecular weight is 496 g/mol. The number of carbonyl (C=O) groups is 1. The molecule has 3 aromatic carbocycles. The molecule has 1 fully saturated rings. The first-order valence-electron chi connectivity index (χ1n) is 11.6. The molecule has 1 N–H and O–H groups in total. The Hall–Kier alpha value is -3.07. The summed E-state index contributed by atoms with van der Waals surface area (Å²) in [7, 11) is -3.66. The lowest BCUT2D eigenvalue weighted by atomic mass is 10.0. The molecule has 1 aliphatic rings. The summed E-state index contributed by atoms with van der Waals surface area (Å²) in [5.74, 6) is -0.622. The first-order valence-corrected chi connectivity index (χ1v) is 13.0. The summed E-state index contributed by atoms with van der Waals surface area (Å²) in [5, 5.41) is 2.87. The Kier molecular flexibility index (Phi) is 7.35. The van der Waals surface area contributed by atoms with Crippen molar-refractivity contribution in [2.75, 3.05) is 31.5 Å². The minimum Gasteiger partial charge on any atom is -0.324 e. The Morgan fingerprint density at radius 3 is 2.03 bits per heavy atom. The molecule has 0 saturated carbocycles. The number of piperazine rings is 1. The van der Waals surface area contributed by atoms with Gasteiger partial charge in [-0.3, -0.25) is 9.69 Å². The Balaban J connectivity index is 1.54. The predicted molar refractivity (Wildman–Crippen MR) is 135 cm³/mol. The van der Waals surface area contributed by atoms with Crippen molar-refractivity contribution < 1.29 is 17.6 Å². The first-order chi connectivity index (χ1) is 16.7. The Labute approximate surface area is 206 Å². The van der Waals surface area contributed by atoms with E-state index in [0.29, 0.717) is 23.7 Å². The third-order valence-corrected chi connectivity index (χ3v) is 8.52. The van der Waals surface area contributed by atoms with Crippen LogP contribution in [0.15, 0.2) is 71.6 Å². The maximum absolute atomic E-state index is 13.5. The first kappa shape index (κ1) is 25.0. The number of nitrogens with zero attached hydrogens (tertiary/aromatic N) is 2. The quantitative estimate of drug-likeness (QED) is 0.549. The molecule has 1 heterocycles. The SMILES string of the molecule is Cc1cc(C)c(S(=O)(=O)N2CCN(C(C(=O)Nc3ccc(F)cc3)c3ccccc3)CC2)c(C)c1. The summed E-state index contributed by atoms with van der Waals surface area (Å²) < 4.78 is 41.8. The van der Waals surface area contributed by atoms with Gasteiger partial charge in [-0.1, -0.05) is 48.0 Å². The van der Waals surface area contributed by atoms with E-state index in [9.17, 15) is 17.6 Å². The molecule has 0 aliphatic carbocycles. The van der Waals surface area contributed by atoms with Crippen molar-refractivity contribution >= 4 is 21.6 Å². The smallest absolute Gasteiger partial charge is 0.246 e. The molecule has 8 heteroatoms. The highest BCUT2D eigenvalue weighted by molar-refractivity contribution is 7.89. The number of sulfonamides is 1. The van der Waals surface area contributed by atoms with Crippen molar-refractivity contribution in [3.8, 4) is 0 Å². The minimum atomic E-state index is -3.66. The second-order valence-corrected chi connectivity index (χ2v) is 10.9. The van der Waals surface area contributed by atoms with Crippen LogP contribution in [0.2, 0.25) is 0 Å². The van der Waals surface area contributed by atoms with Crippen LogP contribution < -0.4 is 5.32 Å². The van der Waals surface area contributed by atoms with Gasteiger partial charge in [-0.25, -0.2) is 12.8 Å². The molecule has 1 atom stereocenters. The van der Waals surface area contributed by atoms with Gasteiger partial charge in [0.15, 0.2) is 0 Å². The van der Waals surface area contributed by atoms with Crippen molar-refractivity contribution in [2.45, 2.75) is 31.7 Å². The van der Waals surface area contributed by atoms with Crippen LogP contribution in [-0.2, 0) is 14.8 Å². The number of halogens is 1. The van der Waals surface area contributed by atoms with Gasteiger partial charge in [-0.2, -0.15) is 4.31 Å². The van der Waals surface area contributed by atoms with Crippen molar-refractivity contribution in [3.05, 3.63) is 94.8 Å². The zero-order valence-electron chi connectivity index (χ0n) is 20.2. The number of hydrogen-bond acceptors (Lipinski definition) is 4. The van der Waals surface area contributed by atoms with Crippen LogP contribution in [0.25, 0.3) is 0 Å². The van der Waals surface area contributed by atoms with Gasteiger partial charge in [0.2, 0.25) is 15.9 Å². The van der Waals surface area contributed by atoms with Crippen LogP contribution in [0.4, 0.5) is 10.1 Å². The Morgan fingerprint density at radius 1 is 0.886 bits per heavy atom. The van der Waals surface area contributed by atoms with E-state index in [1.165, 1.54) is 28.6 Å². The van der Waals surface area contributed by atoms with E-state index < -0.39 is 16.1 Å². The standard InChI is InChI=1S/C27H30FN3O3S/c1-19-17-20(2)26(21(3)18-19)35(33,34)31-15-13-30(14-16-31)25(22-7-5-4-6-8-22)27(32)29-24-11-9-23(28)10-12-24/h4-12,17-18,25H,13-16H2,1-3H3,(H,29,32). The van der Waals surface area contributed by atoms with Gasteiger partial charge in [0, 0.05) is 31.9 Å². The second-order valence-electron chi connectivity index (χ2n) is 8.98. The van der Waals surface area contributed by atoms with E-state index in [1.807, 2.05) is 68.1 Å². The minimum absolute atomic E-state index is 0.246. The Morgan fingerprint density at radius 2 is 1.46 bits per heavy atom. The molecule has 6 nitrogen and oxygen atoms in total. The lowest BCUT2D eigenvalue weighted by Gasteiger charge is -2.38. The van der Waals surface area contributed by atoms with Crippen LogP contribution in [0, 0.1) is 26.6 Å². The molecule has 184 valence electrons. The number of hydrogen-bond donors (Lipinski definition) is 1. The second kappa shape index (κ2) is 10.3. The molecule has 1 aliphatic heterocycles. The number of aryl methyl sites for hydroxylation is 3. The molecule has 0 radical (unpaired) electrons. The van der Waals surface area contributed by atoms with E-state index in [1.54, 1.807) is 0 Å². The predicted octanol–water partition coefficient (Wildman–Crippen LogP) is 4.44. The lowest BCUT2D eigenvalue weighted by Crippen LogP contribution is -2.51.